The van der Waals surface area contributed by atoms with Crippen molar-refractivity contribution in [3.8, 4) is 11.8 Å². The molecule has 1 rings (SSSR count). The van der Waals surface area contributed by atoms with E-state index in [-0.39, 0.29) is 13.2 Å². The Kier molecular flexibility index (Phi) is 5.48. The zero-order chi connectivity index (χ0) is 11.8. The number of halogens is 2. The van der Waals surface area contributed by atoms with E-state index >= 15 is 0 Å². The maximum Gasteiger partial charge on any atom is 0.261 e. The molecule has 0 saturated carbocycles. The average molecular weight is 226 g/mol. The average Bonchev–Trinajstić information content (AvgIpc) is 2.27. The molecular formula is C12H12F2O2. The van der Waals surface area contributed by atoms with Crippen LogP contribution in [0.2, 0.25) is 0 Å². The van der Waals surface area contributed by atoms with E-state index in [4.69, 9.17) is 9.84 Å². The van der Waals surface area contributed by atoms with Crippen LogP contribution in [-0.2, 0) is 11.3 Å². The maximum absolute atomic E-state index is 11.9. The smallest absolute Gasteiger partial charge is 0.261 e. The summed E-state index contributed by atoms with van der Waals surface area (Å²) in [6.07, 6.45) is -2.46. The lowest BCUT2D eigenvalue weighted by atomic mass is 10.1. The van der Waals surface area contributed by atoms with Crippen molar-refractivity contribution in [2.24, 2.45) is 0 Å². The molecule has 86 valence electrons. The third kappa shape index (κ3) is 4.39. The van der Waals surface area contributed by atoms with Crippen LogP contribution in [0.4, 0.5) is 8.78 Å². The van der Waals surface area contributed by atoms with Crippen molar-refractivity contribution in [3.05, 3.63) is 35.4 Å². The highest BCUT2D eigenvalue weighted by Crippen LogP contribution is 2.09. The predicted molar refractivity (Wildman–Crippen MR) is 56.1 cm³/mol. The van der Waals surface area contributed by atoms with Gasteiger partial charge in [-0.3, -0.25) is 0 Å². The van der Waals surface area contributed by atoms with Gasteiger partial charge in [0.15, 0.2) is 0 Å². The van der Waals surface area contributed by atoms with Crippen LogP contribution < -0.4 is 0 Å². The van der Waals surface area contributed by atoms with E-state index in [1.165, 1.54) is 0 Å². The van der Waals surface area contributed by atoms with E-state index in [1.807, 2.05) is 0 Å². The quantitative estimate of drug-likeness (QED) is 0.793. The number of ether oxygens (including phenoxy) is 1. The van der Waals surface area contributed by atoms with Crippen molar-refractivity contribution in [1.82, 2.24) is 0 Å². The molecule has 0 fully saturated rings. The van der Waals surface area contributed by atoms with Gasteiger partial charge in [-0.2, -0.15) is 0 Å². The fraction of sp³-hybridized carbons (Fsp3) is 0.333. The number of aliphatic hydroxyl groups excluding tert-OH is 1. The molecule has 1 aromatic carbocycles. The number of benzene rings is 1. The summed E-state index contributed by atoms with van der Waals surface area (Å²) in [6.45, 7) is -0.714. The second-order valence-electron chi connectivity index (χ2n) is 3.02. The Labute approximate surface area is 92.9 Å². The number of aliphatic hydroxyl groups is 1. The molecular weight excluding hydrogens is 214 g/mol. The Morgan fingerprint density at radius 2 is 2.06 bits per heavy atom. The first kappa shape index (κ1) is 12.6. The summed E-state index contributed by atoms with van der Waals surface area (Å²) in [4.78, 5) is 0. The summed E-state index contributed by atoms with van der Waals surface area (Å²) >= 11 is 0. The Hall–Kier alpha value is -1.44. The van der Waals surface area contributed by atoms with Gasteiger partial charge >= 0.3 is 0 Å². The van der Waals surface area contributed by atoms with Crippen LogP contribution in [0.5, 0.6) is 0 Å². The molecule has 0 aliphatic carbocycles. The van der Waals surface area contributed by atoms with Crippen molar-refractivity contribution in [3.63, 3.8) is 0 Å². The van der Waals surface area contributed by atoms with E-state index in [0.717, 1.165) is 5.56 Å². The molecule has 16 heavy (non-hydrogen) atoms. The maximum atomic E-state index is 11.9. The zero-order valence-corrected chi connectivity index (χ0v) is 8.62. The van der Waals surface area contributed by atoms with Gasteiger partial charge in [0.05, 0.1) is 6.61 Å². The molecule has 0 unspecified atom stereocenters. The van der Waals surface area contributed by atoms with Crippen LogP contribution in [0.1, 0.15) is 11.1 Å². The standard InChI is InChI=1S/C12H12F2O2/c13-12(14)9-16-8-11-5-2-1-4-10(11)6-3-7-15/h1-2,4-5,12,15H,7-9H2. The van der Waals surface area contributed by atoms with Crippen LogP contribution in [0, 0.1) is 11.8 Å². The van der Waals surface area contributed by atoms with Gasteiger partial charge in [0, 0.05) is 5.56 Å². The van der Waals surface area contributed by atoms with Crippen LogP contribution in [0.3, 0.4) is 0 Å². The molecule has 2 nitrogen and oxygen atoms in total. The number of hydrogen-bond donors (Lipinski definition) is 1. The van der Waals surface area contributed by atoms with Crippen LogP contribution in [-0.4, -0.2) is 24.7 Å². The highest BCUT2D eigenvalue weighted by atomic mass is 19.3. The molecule has 0 aromatic heterocycles. The van der Waals surface area contributed by atoms with Crippen LogP contribution in [0.15, 0.2) is 24.3 Å². The normalized spacial score (nSPS) is 10.0. The SMILES string of the molecule is OCC#Cc1ccccc1COCC(F)F. The van der Waals surface area contributed by atoms with Crippen molar-refractivity contribution in [2.45, 2.75) is 13.0 Å². The zero-order valence-electron chi connectivity index (χ0n) is 8.62. The predicted octanol–water partition coefficient (Wildman–Crippen LogP) is 1.81. The second-order valence-corrected chi connectivity index (χ2v) is 3.02. The van der Waals surface area contributed by atoms with Gasteiger partial charge in [0.1, 0.15) is 13.2 Å². The largest absolute Gasteiger partial charge is 0.384 e. The van der Waals surface area contributed by atoms with Gasteiger partial charge in [-0.15, -0.1) is 0 Å². The molecule has 0 atom stereocenters. The Balaban J connectivity index is 2.64. The molecule has 0 amide bonds. The lowest BCUT2D eigenvalue weighted by Gasteiger charge is -2.05. The summed E-state index contributed by atoms with van der Waals surface area (Å²) in [7, 11) is 0. The third-order valence-corrected chi connectivity index (χ3v) is 1.82. The van der Waals surface area contributed by atoms with Gasteiger partial charge in [0.2, 0.25) is 0 Å². The number of hydrogen-bond acceptors (Lipinski definition) is 2. The minimum atomic E-state index is -2.46. The first-order valence-electron chi connectivity index (χ1n) is 4.77. The van der Waals surface area contributed by atoms with Gasteiger partial charge in [0.25, 0.3) is 6.43 Å². The lowest BCUT2D eigenvalue weighted by Crippen LogP contribution is -2.05. The Bertz CT molecular complexity index is 380. The number of rotatable bonds is 4. The Morgan fingerprint density at radius 1 is 1.31 bits per heavy atom. The summed E-state index contributed by atoms with van der Waals surface area (Å²) in [5, 5.41) is 8.56. The molecule has 1 N–H and O–H groups in total. The molecule has 0 heterocycles. The molecule has 0 saturated heterocycles. The van der Waals surface area contributed by atoms with Gasteiger partial charge in [-0.1, -0.05) is 30.0 Å². The monoisotopic (exact) mass is 226 g/mol. The van der Waals surface area contributed by atoms with E-state index in [1.54, 1.807) is 24.3 Å². The minimum Gasteiger partial charge on any atom is -0.384 e. The van der Waals surface area contributed by atoms with E-state index in [9.17, 15) is 8.78 Å². The first-order chi connectivity index (χ1) is 7.74. The fourth-order valence-electron chi connectivity index (χ4n) is 1.16. The van der Waals surface area contributed by atoms with Crippen molar-refractivity contribution < 1.29 is 18.6 Å². The molecule has 1 aromatic rings. The minimum absolute atomic E-state index is 0.0978. The van der Waals surface area contributed by atoms with Gasteiger partial charge in [-0.25, -0.2) is 8.78 Å². The summed E-state index contributed by atoms with van der Waals surface area (Å²) in [6, 6.07) is 7.08. The van der Waals surface area contributed by atoms with Crippen molar-refractivity contribution in [2.75, 3.05) is 13.2 Å². The van der Waals surface area contributed by atoms with Gasteiger partial charge in [-0.05, 0) is 11.6 Å². The first-order valence-corrected chi connectivity index (χ1v) is 4.77. The molecule has 0 radical (unpaired) electrons. The van der Waals surface area contributed by atoms with E-state index < -0.39 is 13.0 Å². The highest BCUT2D eigenvalue weighted by molar-refractivity contribution is 5.40. The Morgan fingerprint density at radius 3 is 2.75 bits per heavy atom. The molecule has 0 bridgehead atoms. The third-order valence-electron chi connectivity index (χ3n) is 1.82. The number of alkyl halides is 2. The fourth-order valence-corrected chi connectivity index (χ4v) is 1.16. The highest BCUT2D eigenvalue weighted by Gasteiger charge is 2.04. The second kappa shape index (κ2) is 6.94. The van der Waals surface area contributed by atoms with Crippen molar-refractivity contribution >= 4 is 0 Å². The topological polar surface area (TPSA) is 29.5 Å². The van der Waals surface area contributed by atoms with Gasteiger partial charge < -0.3 is 9.84 Å². The molecule has 0 aliphatic rings. The van der Waals surface area contributed by atoms with Crippen molar-refractivity contribution in [1.29, 1.82) is 0 Å². The summed E-state index contributed by atoms with van der Waals surface area (Å²) in [5.74, 6) is 5.24. The molecule has 4 heteroatoms. The summed E-state index contributed by atoms with van der Waals surface area (Å²) < 4.78 is 28.5. The molecule has 0 aliphatic heterocycles. The van der Waals surface area contributed by atoms with E-state index in [0.29, 0.717) is 5.56 Å². The van der Waals surface area contributed by atoms with Crippen LogP contribution >= 0.6 is 0 Å². The molecule has 0 spiro atoms. The van der Waals surface area contributed by atoms with E-state index in [2.05, 4.69) is 11.8 Å². The van der Waals surface area contributed by atoms with Crippen LogP contribution in [0.25, 0.3) is 0 Å². The summed E-state index contributed by atoms with van der Waals surface area (Å²) in [5.41, 5.74) is 1.43. The lowest BCUT2D eigenvalue weighted by molar-refractivity contribution is 0.00982.